The number of alkyl halides is 1. The molecule has 6 N–H and O–H groups in total. The van der Waals surface area contributed by atoms with Crippen molar-refractivity contribution in [3.05, 3.63) is 93.6 Å². The summed E-state index contributed by atoms with van der Waals surface area (Å²) < 4.78 is 36.5. The van der Waals surface area contributed by atoms with Gasteiger partial charge in [0.05, 0.1) is 42.4 Å². The van der Waals surface area contributed by atoms with Gasteiger partial charge in [-0.2, -0.15) is 0 Å². The van der Waals surface area contributed by atoms with Crippen LogP contribution in [0.15, 0.2) is 60.3 Å². The number of rotatable bonds is 14. The van der Waals surface area contributed by atoms with Crippen molar-refractivity contribution in [2.24, 2.45) is 11.8 Å². The van der Waals surface area contributed by atoms with Crippen molar-refractivity contribution in [1.82, 2.24) is 40.7 Å². The molecule has 1 aliphatic carbocycles. The topological polar surface area (TPSA) is 184 Å². The van der Waals surface area contributed by atoms with Gasteiger partial charge in [-0.1, -0.05) is 52.0 Å². The lowest BCUT2D eigenvalue weighted by Gasteiger charge is -2.34. The minimum Gasteiger partial charge on any atom is -0.497 e. The number of carbonyl (C=O) groups excluding carboxylic acids is 3. The van der Waals surface area contributed by atoms with E-state index in [9.17, 15) is 19.5 Å². The molecule has 3 amide bonds. The fourth-order valence-electron chi connectivity index (χ4n) is 7.56. The lowest BCUT2D eigenvalue weighted by Crippen LogP contribution is -2.54. The maximum atomic E-state index is 16.7. The number of ether oxygens (including phenoxy) is 3. The van der Waals surface area contributed by atoms with Crippen LogP contribution in [-0.2, 0) is 19.1 Å². The molecular formula is C45H59FN8O7. The van der Waals surface area contributed by atoms with Crippen LogP contribution in [0.5, 0.6) is 5.75 Å². The second-order valence-electron chi connectivity index (χ2n) is 16.6. The molecule has 0 fully saturated rings. The molecule has 0 saturated carbocycles. The first kappa shape index (κ1) is 44.5. The standard InChI is InChI=1S/C45H59FN8O7/c1-11-34-27(15-16-30-21-47-40(51-30)25(6)50-43(57)39(24(4)5)61-45(58)53(8)9)19-35-37-32(46)18-29(33-22-48-41(52-33)26(7)49-42(56)38(55)23(2)3)20-36(37)60-44(54(34)35)28-13-12-14-31(17-28)59-10/h11-15,17,19-26,32,38-40,44,47,51,55H,16,18H2,1-10H3,(H,48,52)(H,49,56)(H,50,57). The molecule has 0 radical (unpaired) electrons. The van der Waals surface area contributed by atoms with Crippen LogP contribution in [0, 0.1) is 11.8 Å². The Labute approximate surface area is 355 Å². The monoisotopic (exact) mass is 842 g/mol. The number of aliphatic hydroxyl groups is 1. The van der Waals surface area contributed by atoms with Gasteiger partial charge in [0.25, 0.3) is 5.91 Å². The third-order valence-corrected chi connectivity index (χ3v) is 11.0. The van der Waals surface area contributed by atoms with Gasteiger partial charge in [0, 0.05) is 49.7 Å². The van der Waals surface area contributed by atoms with Gasteiger partial charge in [-0.15, -0.1) is 0 Å². The van der Waals surface area contributed by atoms with Crippen molar-refractivity contribution < 1.29 is 38.1 Å². The van der Waals surface area contributed by atoms with Crippen LogP contribution >= 0.6 is 0 Å². The second kappa shape index (κ2) is 18.7. The number of hydrogen-bond acceptors (Lipinski definition) is 10. The average molecular weight is 843 g/mol. The van der Waals surface area contributed by atoms with Gasteiger partial charge in [0.15, 0.2) is 6.10 Å². The average Bonchev–Trinajstić information content (AvgIpc) is 4.00. The maximum absolute atomic E-state index is 16.7. The predicted octanol–water partition coefficient (Wildman–Crippen LogP) is 4.09. The molecule has 0 bridgehead atoms. The van der Waals surface area contributed by atoms with E-state index < -0.39 is 42.6 Å². The Kier molecular flexibility index (Phi) is 13.7. The summed E-state index contributed by atoms with van der Waals surface area (Å²) in [5.41, 5.74) is 4.08. The first-order valence-electron chi connectivity index (χ1n) is 20.7. The smallest absolute Gasteiger partial charge is 0.410 e. The van der Waals surface area contributed by atoms with Crippen molar-refractivity contribution >= 4 is 41.2 Å². The van der Waals surface area contributed by atoms with Gasteiger partial charge in [0.2, 0.25) is 12.1 Å². The van der Waals surface area contributed by atoms with Crippen molar-refractivity contribution in [2.45, 2.75) is 104 Å². The van der Waals surface area contributed by atoms with E-state index in [1.54, 1.807) is 48.2 Å². The SMILES string of the molecule is CC=c1c(=CCC2=CNC(C(C)NC(=O)C(OC(=O)N(C)C)C(C)C)N2)cc2n1C(c1cccc(OC)c1)OC1=C2C(F)CC(c2cnc(C(C)NC(=O)C(O)C(C)C)[nH]2)=C1. The number of imidazole rings is 1. The van der Waals surface area contributed by atoms with Gasteiger partial charge in [-0.25, -0.2) is 14.2 Å². The summed E-state index contributed by atoms with van der Waals surface area (Å²) in [5.74, 6) is 0.181. The minimum absolute atomic E-state index is 0.0600. The molecule has 3 aromatic rings. The fourth-order valence-corrected chi connectivity index (χ4v) is 7.56. The lowest BCUT2D eigenvalue weighted by atomic mass is 9.90. The molecule has 4 heterocycles. The van der Waals surface area contributed by atoms with Crippen molar-refractivity contribution in [3.8, 4) is 5.75 Å². The van der Waals surface area contributed by atoms with Gasteiger partial charge in [0.1, 0.15) is 35.8 Å². The van der Waals surface area contributed by atoms with E-state index in [4.69, 9.17) is 14.2 Å². The highest BCUT2D eigenvalue weighted by Crippen LogP contribution is 2.43. The van der Waals surface area contributed by atoms with Crippen LogP contribution in [-0.4, -0.2) is 94.2 Å². The molecule has 15 nitrogen and oxygen atoms in total. The number of halogens is 1. The fraction of sp³-hybridized carbons (Fsp3) is 0.467. The lowest BCUT2D eigenvalue weighted by molar-refractivity contribution is -0.133. The van der Waals surface area contributed by atoms with E-state index in [0.717, 1.165) is 21.8 Å². The Bertz CT molecular complexity index is 2340. The number of carbonyl (C=O) groups is 3. The van der Waals surface area contributed by atoms with E-state index >= 15 is 4.39 Å². The molecule has 2 aliphatic heterocycles. The van der Waals surface area contributed by atoms with Crippen LogP contribution in [0.1, 0.15) is 96.4 Å². The number of benzene rings is 1. The first-order chi connectivity index (χ1) is 29.0. The summed E-state index contributed by atoms with van der Waals surface area (Å²) >= 11 is 0. The number of aromatic amines is 1. The number of methoxy groups -OCH3 is 1. The molecule has 328 valence electrons. The summed E-state index contributed by atoms with van der Waals surface area (Å²) in [5, 5.41) is 24.5. The van der Waals surface area contributed by atoms with E-state index in [1.165, 1.54) is 4.90 Å². The molecule has 2 aromatic heterocycles. The highest BCUT2D eigenvalue weighted by atomic mass is 19.1. The third kappa shape index (κ3) is 9.64. The van der Waals surface area contributed by atoms with Crippen molar-refractivity contribution in [1.29, 1.82) is 0 Å². The minimum atomic E-state index is -1.42. The number of amides is 3. The number of hydrogen-bond donors (Lipinski definition) is 6. The van der Waals surface area contributed by atoms with Gasteiger partial charge < -0.3 is 55.0 Å². The first-order valence-corrected chi connectivity index (χ1v) is 20.7. The summed E-state index contributed by atoms with van der Waals surface area (Å²) in [6, 6.07) is 8.73. The Morgan fingerprint density at radius 1 is 1.10 bits per heavy atom. The number of aliphatic hydroxyl groups excluding tert-OH is 1. The summed E-state index contributed by atoms with van der Waals surface area (Å²) in [6.45, 7) is 12.8. The zero-order valence-electron chi connectivity index (χ0n) is 36.5. The van der Waals surface area contributed by atoms with Crippen LogP contribution in [0.25, 0.3) is 23.3 Å². The van der Waals surface area contributed by atoms with Crippen molar-refractivity contribution in [2.75, 3.05) is 21.2 Å². The van der Waals surface area contributed by atoms with Gasteiger partial charge in [-0.05, 0) is 67.7 Å². The Balaban J connectivity index is 1.27. The van der Waals surface area contributed by atoms with E-state index in [2.05, 4.69) is 37.3 Å². The van der Waals surface area contributed by atoms with E-state index in [0.29, 0.717) is 46.3 Å². The van der Waals surface area contributed by atoms with Crippen LogP contribution in [0.2, 0.25) is 0 Å². The predicted molar refractivity (Wildman–Crippen MR) is 230 cm³/mol. The molecule has 1 aromatic carbocycles. The van der Waals surface area contributed by atoms with Crippen LogP contribution in [0.4, 0.5) is 9.18 Å². The second-order valence-corrected chi connectivity index (χ2v) is 16.6. The maximum Gasteiger partial charge on any atom is 0.410 e. The van der Waals surface area contributed by atoms with Gasteiger partial charge in [-0.3, -0.25) is 9.59 Å². The Morgan fingerprint density at radius 3 is 2.52 bits per heavy atom. The van der Waals surface area contributed by atoms with E-state index in [1.807, 2.05) is 80.9 Å². The van der Waals surface area contributed by atoms with Crippen LogP contribution in [0.3, 0.4) is 0 Å². The normalized spacial score (nSPS) is 20.9. The molecule has 7 unspecified atom stereocenters. The Hall–Kier alpha value is -6.03. The molecular weight excluding hydrogens is 784 g/mol. The number of allylic oxidation sites excluding steroid dienone is 4. The Morgan fingerprint density at radius 2 is 1.85 bits per heavy atom. The molecule has 61 heavy (non-hydrogen) atoms. The zero-order chi connectivity index (χ0) is 44.3. The summed E-state index contributed by atoms with van der Waals surface area (Å²) in [4.78, 5) is 46.9. The summed E-state index contributed by atoms with van der Waals surface area (Å²) in [6.07, 6.45) is 4.90. The largest absolute Gasteiger partial charge is 0.497 e. The molecule has 3 aliphatic rings. The quantitative estimate of drug-likeness (QED) is 0.138. The molecule has 0 spiro atoms. The number of fused-ring (bicyclic) bond motifs is 2. The number of nitrogens with one attached hydrogen (secondary N) is 5. The molecule has 16 heteroatoms. The van der Waals surface area contributed by atoms with E-state index in [-0.39, 0.29) is 36.4 Å². The molecule has 6 rings (SSSR count). The van der Waals surface area contributed by atoms with Crippen LogP contribution < -0.4 is 36.6 Å². The highest BCUT2D eigenvalue weighted by molar-refractivity contribution is 5.84. The number of nitrogens with zero attached hydrogens (tertiary/aromatic N) is 3. The highest BCUT2D eigenvalue weighted by Gasteiger charge is 2.37. The number of H-pyrrole nitrogens is 1. The number of aromatic nitrogens is 3. The molecule has 0 saturated heterocycles. The zero-order valence-corrected chi connectivity index (χ0v) is 36.5. The third-order valence-electron chi connectivity index (χ3n) is 11.0. The van der Waals surface area contributed by atoms with Gasteiger partial charge >= 0.3 is 6.09 Å². The molecule has 7 atom stereocenters. The summed E-state index contributed by atoms with van der Waals surface area (Å²) in [7, 11) is 4.74. The van der Waals surface area contributed by atoms with Crippen molar-refractivity contribution in [3.63, 3.8) is 0 Å².